The van der Waals surface area contributed by atoms with Crippen LogP contribution in [-0.4, -0.2) is 143 Å². The number of Topliss-reactive ketones (excluding diaryl/α,β-unsaturated/α-hetero) is 4. The van der Waals surface area contributed by atoms with Gasteiger partial charge in [-0.05, 0) is 122 Å². The number of rotatable bonds is 39. The van der Waals surface area contributed by atoms with Gasteiger partial charge in [-0.15, -0.1) is 0 Å². The van der Waals surface area contributed by atoms with Crippen LogP contribution in [-0.2, 0) is 44.9 Å². The Morgan fingerprint density at radius 2 is 0.648 bits per heavy atom. The Labute approximate surface area is 510 Å². The Balaban J connectivity index is 1.60. The summed E-state index contributed by atoms with van der Waals surface area (Å²) in [5, 5.41) is 8.44. The number of nitrogens with zero attached hydrogens (tertiary/aromatic N) is 4. The Bertz CT molecular complexity index is 3240. The molecule has 0 bridgehead atoms. The van der Waals surface area contributed by atoms with Crippen molar-refractivity contribution < 1.29 is 57.3 Å². The molecular weight excluding hydrogens is 1140 g/mol. The van der Waals surface area contributed by atoms with Crippen LogP contribution >= 0.6 is 0 Å². The lowest BCUT2D eigenvalue weighted by atomic mass is 9.96. The largest absolute Gasteiger partial charge is 0.496 e. The highest BCUT2D eigenvalue weighted by Crippen LogP contribution is 2.26. The summed E-state index contributed by atoms with van der Waals surface area (Å²) in [6, 6.07) is 15.0. The maximum atomic E-state index is 14.4. The third-order valence-corrected chi connectivity index (χ3v) is 13.7. The number of carbonyl (C=O) groups excluding carboxylic acids is 8. The average Bonchev–Trinajstić information content (AvgIpc) is 3.61. The van der Waals surface area contributed by atoms with Gasteiger partial charge in [0, 0.05) is 58.3 Å². The van der Waals surface area contributed by atoms with Gasteiger partial charge in [0.1, 0.15) is 28.8 Å². The molecule has 0 saturated heterocycles. The summed E-state index contributed by atoms with van der Waals surface area (Å²) in [6.45, 7) is 0.790. The fourth-order valence-electron chi connectivity index (χ4n) is 9.28. The molecule has 0 aliphatic heterocycles. The van der Waals surface area contributed by atoms with E-state index in [1.54, 1.807) is 30.3 Å². The zero-order chi connectivity index (χ0) is 64.9. The van der Waals surface area contributed by atoms with Crippen molar-refractivity contribution in [2.75, 3.05) is 54.6 Å². The second kappa shape index (κ2) is 35.9. The molecule has 0 heterocycles. The van der Waals surface area contributed by atoms with E-state index >= 15 is 0 Å². The molecule has 4 amide bonds. The van der Waals surface area contributed by atoms with Crippen molar-refractivity contribution >= 4 is 70.6 Å². The normalized spacial score (nSPS) is 11.7. The Kier molecular flexibility index (Phi) is 28.6. The molecule has 88 heavy (non-hydrogen) atoms. The number of guanidine groups is 4. The second-order valence-corrected chi connectivity index (χ2v) is 20.3. The van der Waals surface area contributed by atoms with E-state index in [-0.39, 0.29) is 165 Å². The van der Waals surface area contributed by atoms with Crippen LogP contribution < -0.4 is 86.5 Å². The molecule has 0 spiro atoms. The molecule has 0 aromatic heterocycles. The quantitative estimate of drug-likeness (QED) is 0.0162. The van der Waals surface area contributed by atoms with Gasteiger partial charge in [-0.25, -0.2) is 0 Å². The molecule has 0 saturated carbocycles. The van der Waals surface area contributed by atoms with Crippen LogP contribution in [0.1, 0.15) is 121 Å². The lowest BCUT2D eigenvalue weighted by Gasteiger charge is -2.21. The number of methoxy groups -OCH3 is 4. The van der Waals surface area contributed by atoms with Crippen molar-refractivity contribution in [2.45, 2.75) is 102 Å². The van der Waals surface area contributed by atoms with Crippen LogP contribution in [0.2, 0.25) is 0 Å². The number of primary amides is 1. The third kappa shape index (κ3) is 23.3. The molecule has 4 rings (SSSR count). The standard InChI is InChI=1S/C60H82N16O12/c1-85-49-18-15-35(27-39(49)53(61)81)31-46(78)43(11-7-23-71-58(64)65)75-55(83)41-29-37(17-20-51(41)87-3)33-48(80)45(13-9-25-73-60(68)69)76-56(84)42-30-36(16-21-52(42)88-4)32-47(79)44(12-8-24-72-59(66)67)74-54(82)40-28-34(14-19-50(40)86-2)26-38(77)10-5-6-22-70-57(62)63/h14-21,27-30,43-45H,5-13,22-26,31-33H2,1-4H3,(H2,61,81)(H,74,82)(H,75,83)(H,76,84)(H4,62,63,70)(H4,64,65,71)(H4,66,67,72)(H4,68,69,73)/t43-,44-,45-/m1/s1. The lowest BCUT2D eigenvalue weighted by molar-refractivity contribution is -0.121. The van der Waals surface area contributed by atoms with Crippen molar-refractivity contribution in [3.8, 4) is 23.0 Å². The van der Waals surface area contributed by atoms with E-state index in [9.17, 15) is 38.4 Å². The topological polar surface area (TPSA) is 493 Å². The molecule has 0 aliphatic carbocycles. The average molecular weight is 1220 g/mol. The van der Waals surface area contributed by atoms with E-state index in [1.165, 1.54) is 70.9 Å². The van der Waals surface area contributed by atoms with Crippen molar-refractivity contribution in [3.63, 3.8) is 0 Å². The zero-order valence-corrected chi connectivity index (χ0v) is 50.1. The number of amides is 4. The number of nitrogens with two attached hydrogens (primary N) is 9. The maximum absolute atomic E-state index is 14.4. The molecule has 474 valence electrons. The van der Waals surface area contributed by atoms with E-state index in [0.29, 0.717) is 41.6 Å². The van der Waals surface area contributed by atoms with Gasteiger partial charge in [0.15, 0.2) is 41.2 Å². The van der Waals surface area contributed by atoms with Gasteiger partial charge in [-0.2, -0.15) is 0 Å². The Morgan fingerprint density at radius 1 is 0.375 bits per heavy atom. The summed E-state index contributed by atoms with van der Waals surface area (Å²) in [4.78, 5) is 126. The molecule has 3 atom stereocenters. The van der Waals surface area contributed by atoms with Gasteiger partial charge < -0.3 is 86.5 Å². The monoisotopic (exact) mass is 1220 g/mol. The predicted molar refractivity (Wildman–Crippen MR) is 333 cm³/mol. The van der Waals surface area contributed by atoms with Crippen LogP contribution in [0.4, 0.5) is 0 Å². The van der Waals surface area contributed by atoms with Gasteiger partial charge >= 0.3 is 0 Å². The van der Waals surface area contributed by atoms with Gasteiger partial charge in [0.25, 0.3) is 23.6 Å². The zero-order valence-electron chi connectivity index (χ0n) is 50.1. The lowest BCUT2D eigenvalue weighted by Crippen LogP contribution is -2.42. The highest BCUT2D eigenvalue weighted by Gasteiger charge is 2.29. The molecule has 0 unspecified atom stereocenters. The van der Waals surface area contributed by atoms with Crippen molar-refractivity contribution in [3.05, 3.63) is 117 Å². The van der Waals surface area contributed by atoms with E-state index < -0.39 is 59.1 Å². The third-order valence-electron chi connectivity index (χ3n) is 13.7. The number of unbranched alkanes of at least 4 members (excludes halogenated alkanes) is 1. The molecule has 0 aliphatic rings. The highest BCUT2D eigenvalue weighted by molar-refractivity contribution is 6.04. The van der Waals surface area contributed by atoms with Crippen LogP contribution in [0.25, 0.3) is 0 Å². The van der Waals surface area contributed by atoms with E-state index in [1.807, 2.05) is 0 Å². The number of aliphatic imine (C=N–C) groups is 4. The van der Waals surface area contributed by atoms with E-state index in [4.69, 9.17) is 70.6 Å². The van der Waals surface area contributed by atoms with Gasteiger partial charge in [0.05, 0.1) is 68.8 Å². The molecule has 0 radical (unpaired) electrons. The summed E-state index contributed by atoms with van der Waals surface area (Å²) in [7, 11) is 5.45. The molecule has 4 aromatic rings. The first-order chi connectivity index (χ1) is 42.0. The SMILES string of the molecule is COc1ccc(CC(=O)[C@@H](CCCN=C(N)N)NC(=O)c2cc(CC(=O)[C@@H](CCCN=C(N)N)NC(=O)c3cc(CC(=O)[C@@H](CCCN=C(N)N)NC(=O)c4cc(CC(=O)CCCCN=C(N)N)ccc4OC)ccc3OC)ccc2OC)cc1C(N)=O. The van der Waals surface area contributed by atoms with Crippen LogP contribution in [0.15, 0.2) is 92.8 Å². The number of nitrogens with one attached hydrogen (secondary N) is 3. The van der Waals surface area contributed by atoms with Crippen molar-refractivity contribution in [1.82, 2.24) is 16.0 Å². The first-order valence-electron chi connectivity index (χ1n) is 28.2. The smallest absolute Gasteiger partial charge is 0.255 e. The van der Waals surface area contributed by atoms with E-state index in [2.05, 4.69) is 35.9 Å². The number of ketones is 4. The Hall–Kier alpha value is -10.3. The summed E-state index contributed by atoms with van der Waals surface area (Å²) < 4.78 is 21.9. The summed E-state index contributed by atoms with van der Waals surface area (Å²) in [5.74, 6) is -4.16. The minimum Gasteiger partial charge on any atom is -0.496 e. The number of carbonyl (C=O) groups is 8. The van der Waals surface area contributed by atoms with Crippen molar-refractivity contribution in [2.24, 2.45) is 71.6 Å². The summed E-state index contributed by atoms with van der Waals surface area (Å²) in [5.41, 5.74) is 51.4. The number of hydrogen-bond donors (Lipinski definition) is 12. The second-order valence-electron chi connectivity index (χ2n) is 20.3. The number of ether oxygens (including phenoxy) is 4. The number of benzene rings is 4. The van der Waals surface area contributed by atoms with Crippen LogP contribution in [0, 0.1) is 0 Å². The highest BCUT2D eigenvalue weighted by atomic mass is 16.5. The van der Waals surface area contributed by atoms with E-state index in [0.717, 1.165) is 0 Å². The molecule has 28 heteroatoms. The van der Waals surface area contributed by atoms with Gasteiger partial charge in [-0.3, -0.25) is 58.3 Å². The minimum atomic E-state index is -1.17. The van der Waals surface area contributed by atoms with Gasteiger partial charge in [0.2, 0.25) is 0 Å². The molecule has 21 N–H and O–H groups in total. The molecule has 4 aromatic carbocycles. The molecule has 28 nitrogen and oxygen atoms in total. The summed E-state index contributed by atoms with van der Waals surface area (Å²) in [6.07, 6.45) is 1.73. The molecular formula is C60H82N16O12. The minimum absolute atomic E-state index is 0.0163. The first kappa shape index (κ1) is 70.2. The predicted octanol–water partition coefficient (Wildman–Crippen LogP) is 0.267. The van der Waals surface area contributed by atoms with Crippen molar-refractivity contribution in [1.29, 1.82) is 0 Å². The molecule has 0 fully saturated rings. The number of hydrogen-bond acceptors (Lipinski definition) is 16. The fraction of sp³-hybridized carbons (Fsp3) is 0.400. The maximum Gasteiger partial charge on any atom is 0.255 e. The van der Waals surface area contributed by atoms with Crippen LogP contribution in [0.5, 0.6) is 23.0 Å². The Morgan fingerprint density at radius 3 is 0.932 bits per heavy atom. The first-order valence-corrected chi connectivity index (χ1v) is 28.2. The fourth-order valence-corrected chi connectivity index (χ4v) is 9.28. The van der Waals surface area contributed by atoms with Gasteiger partial charge in [-0.1, -0.05) is 24.3 Å². The summed E-state index contributed by atoms with van der Waals surface area (Å²) >= 11 is 0. The van der Waals surface area contributed by atoms with Crippen LogP contribution in [0.3, 0.4) is 0 Å².